The van der Waals surface area contributed by atoms with E-state index in [1.54, 1.807) is 0 Å². The minimum atomic E-state index is 0.396. The summed E-state index contributed by atoms with van der Waals surface area (Å²) in [4.78, 5) is 0. The summed E-state index contributed by atoms with van der Waals surface area (Å²) >= 11 is 5.86. The topological polar surface area (TPSA) is 18.5 Å². The van der Waals surface area contributed by atoms with Gasteiger partial charge in [0.25, 0.3) is 0 Å². The maximum atomic E-state index is 5.91. The molecule has 0 N–H and O–H groups in total. The third kappa shape index (κ3) is 3.39. The third-order valence-electron chi connectivity index (χ3n) is 3.38. The highest BCUT2D eigenvalue weighted by Gasteiger charge is 2.15. The molecule has 0 radical (unpaired) electrons. The van der Waals surface area contributed by atoms with Gasteiger partial charge in [-0.05, 0) is 43.4 Å². The zero-order valence-corrected chi connectivity index (χ0v) is 11.9. The van der Waals surface area contributed by atoms with Gasteiger partial charge in [-0.15, -0.1) is 11.6 Å². The third-order valence-corrected chi connectivity index (χ3v) is 3.69. The lowest BCUT2D eigenvalue weighted by Gasteiger charge is -2.15. The van der Waals surface area contributed by atoms with Gasteiger partial charge in [0.05, 0.1) is 12.7 Å². The van der Waals surface area contributed by atoms with Crippen molar-refractivity contribution in [3.05, 3.63) is 28.8 Å². The Labute approximate surface area is 114 Å². The van der Waals surface area contributed by atoms with Gasteiger partial charge in [0.1, 0.15) is 5.75 Å². The van der Waals surface area contributed by atoms with Crippen LogP contribution in [0.1, 0.15) is 36.0 Å². The SMILES string of the molecule is Cc1cc(CCl)cc(C)c1OCCC1CCCO1. The molecule has 1 atom stereocenters. The largest absolute Gasteiger partial charge is 0.493 e. The summed E-state index contributed by atoms with van der Waals surface area (Å²) in [7, 11) is 0. The van der Waals surface area contributed by atoms with Crippen molar-refractivity contribution in [1.29, 1.82) is 0 Å². The zero-order valence-electron chi connectivity index (χ0n) is 11.2. The molecule has 0 bridgehead atoms. The van der Waals surface area contributed by atoms with Crippen molar-refractivity contribution in [2.45, 2.75) is 45.1 Å². The molecule has 1 aliphatic rings. The monoisotopic (exact) mass is 268 g/mol. The first-order chi connectivity index (χ1) is 8.70. The van der Waals surface area contributed by atoms with Crippen molar-refractivity contribution in [2.75, 3.05) is 13.2 Å². The van der Waals surface area contributed by atoms with Crippen molar-refractivity contribution in [3.63, 3.8) is 0 Å². The van der Waals surface area contributed by atoms with E-state index in [9.17, 15) is 0 Å². The number of hydrogen-bond donors (Lipinski definition) is 0. The highest BCUT2D eigenvalue weighted by Crippen LogP contribution is 2.26. The van der Waals surface area contributed by atoms with Crippen molar-refractivity contribution in [2.24, 2.45) is 0 Å². The maximum absolute atomic E-state index is 5.91. The van der Waals surface area contributed by atoms with Crippen molar-refractivity contribution >= 4 is 11.6 Å². The molecular formula is C15H21ClO2. The van der Waals surface area contributed by atoms with E-state index < -0.39 is 0 Å². The number of halogens is 1. The molecule has 1 unspecified atom stereocenters. The lowest BCUT2D eigenvalue weighted by atomic mass is 10.1. The molecule has 2 rings (SSSR count). The minimum Gasteiger partial charge on any atom is -0.493 e. The fraction of sp³-hybridized carbons (Fsp3) is 0.600. The number of rotatable bonds is 5. The van der Waals surface area contributed by atoms with Crippen LogP contribution in [0, 0.1) is 13.8 Å². The fourth-order valence-corrected chi connectivity index (χ4v) is 2.66. The lowest BCUT2D eigenvalue weighted by molar-refractivity contribution is 0.0901. The molecule has 2 nitrogen and oxygen atoms in total. The van der Waals surface area contributed by atoms with Gasteiger partial charge >= 0.3 is 0 Å². The number of ether oxygens (including phenoxy) is 2. The quantitative estimate of drug-likeness (QED) is 0.752. The van der Waals surface area contributed by atoms with Crippen LogP contribution < -0.4 is 4.74 Å². The summed E-state index contributed by atoms with van der Waals surface area (Å²) in [5.74, 6) is 1.56. The Hall–Kier alpha value is -0.730. The molecule has 1 saturated heterocycles. The summed E-state index contributed by atoms with van der Waals surface area (Å²) in [5.41, 5.74) is 3.48. The minimum absolute atomic E-state index is 0.396. The molecule has 1 aliphatic heterocycles. The number of alkyl halides is 1. The Balaban J connectivity index is 1.92. The van der Waals surface area contributed by atoms with Crippen LogP contribution in [0.2, 0.25) is 0 Å². The summed E-state index contributed by atoms with van der Waals surface area (Å²) in [6.45, 7) is 5.79. The second-order valence-corrected chi connectivity index (χ2v) is 5.23. The van der Waals surface area contributed by atoms with Crippen molar-refractivity contribution in [1.82, 2.24) is 0 Å². The highest BCUT2D eigenvalue weighted by atomic mass is 35.5. The average molecular weight is 269 g/mol. The van der Waals surface area contributed by atoms with Crippen LogP contribution >= 0.6 is 11.6 Å². The van der Waals surface area contributed by atoms with Crippen LogP contribution in [-0.2, 0) is 10.6 Å². The Morgan fingerprint density at radius 3 is 2.61 bits per heavy atom. The van der Waals surface area contributed by atoms with Gasteiger partial charge in [-0.25, -0.2) is 0 Å². The number of benzene rings is 1. The molecule has 0 spiro atoms. The van der Waals surface area contributed by atoms with Gasteiger partial charge in [0.2, 0.25) is 0 Å². The van der Waals surface area contributed by atoms with Crippen LogP contribution in [0.15, 0.2) is 12.1 Å². The number of aryl methyl sites for hydroxylation is 2. The summed E-state index contributed by atoms with van der Waals surface area (Å²) in [6, 6.07) is 4.20. The smallest absolute Gasteiger partial charge is 0.125 e. The summed E-state index contributed by atoms with van der Waals surface area (Å²) in [5, 5.41) is 0. The van der Waals surface area contributed by atoms with E-state index in [2.05, 4.69) is 26.0 Å². The second kappa shape index (κ2) is 6.44. The van der Waals surface area contributed by atoms with Gasteiger partial charge in [-0.3, -0.25) is 0 Å². The predicted molar refractivity (Wildman–Crippen MR) is 74.6 cm³/mol. The van der Waals surface area contributed by atoms with Gasteiger partial charge in [-0.2, -0.15) is 0 Å². The Morgan fingerprint density at radius 1 is 1.33 bits per heavy atom. The van der Waals surface area contributed by atoms with E-state index in [1.807, 2.05) is 0 Å². The molecule has 3 heteroatoms. The molecule has 18 heavy (non-hydrogen) atoms. The molecule has 1 heterocycles. The first kappa shape index (κ1) is 13.7. The van der Waals surface area contributed by atoms with Crippen molar-refractivity contribution in [3.8, 4) is 5.75 Å². The van der Waals surface area contributed by atoms with Crippen LogP contribution in [0.25, 0.3) is 0 Å². The molecule has 0 aliphatic carbocycles. The zero-order chi connectivity index (χ0) is 13.0. The molecular weight excluding hydrogens is 248 g/mol. The van der Waals surface area contributed by atoms with E-state index in [-0.39, 0.29) is 0 Å². The molecule has 0 aromatic heterocycles. The second-order valence-electron chi connectivity index (χ2n) is 4.96. The normalized spacial score (nSPS) is 19.2. The lowest BCUT2D eigenvalue weighted by Crippen LogP contribution is -2.11. The Kier molecular flexibility index (Phi) is 4.90. The summed E-state index contributed by atoms with van der Waals surface area (Å²) < 4.78 is 11.5. The fourth-order valence-electron chi connectivity index (χ4n) is 2.51. The Bertz CT molecular complexity index is 374. The average Bonchev–Trinajstić information content (AvgIpc) is 2.85. The van der Waals surface area contributed by atoms with Crippen LogP contribution in [-0.4, -0.2) is 19.3 Å². The molecule has 100 valence electrons. The maximum Gasteiger partial charge on any atom is 0.125 e. The van der Waals surface area contributed by atoms with Gasteiger partial charge in [0.15, 0.2) is 0 Å². The molecule has 1 fully saturated rings. The molecule has 1 aromatic carbocycles. The van der Waals surface area contributed by atoms with E-state index in [0.717, 1.165) is 42.1 Å². The first-order valence-corrected chi connectivity index (χ1v) is 7.14. The number of hydrogen-bond acceptors (Lipinski definition) is 2. The van der Waals surface area contributed by atoms with E-state index >= 15 is 0 Å². The summed E-state index contributed by atoms with van der Waals surface area (Å²) in [6.07, 6.45) is 3.74. The van der Waals surface area contributed by atoms with Gasteiger partial charge in [-0.1, -0.05) is 12.1 Å². The highest BCUT2D eigenvalue weighted by molar-refractivity contribution is 6.17. The predicted octanol–water partition coefficient (Wildman–Crippen LogP) is 3.99. The van der Waals surface area contributed by atoms with E-state index in [0.29, 0.717) is 12.0 Å². The van der Waals surface area contributed by atoms with Gasteiger partial charge in [0, 0.05) is 18.9 Å². The first-order valence-electron chi connectivity index (χ1n) is 6.61. The molecule has 1 aromatic rings. The van der Waals surface area contributed by atoms with Crippen LogP contribution in [0.4, 0.5) is 0 Å². The van der Waals surface area contributed by atoms with Crippen molar-refractivity contribution < 1.29 is 9.47 Å². The van der Waals surface area contributed by atoms with Crippen LogP contribution in [0.3, 0.4) is 0 Å². The van der Waals surface area contributed by atoms with E-state index in [4.69, 9.17) is 21.1 Å². The van der Waals surface area contributed by atoms with Gasteiger partial charge < -0.3 is 9.47 Å². The van der Waals surface area contributed by atoms with E-state index in [1.165, 1.54) is 12.8 Å². The molecule has 0 amide bonds. The molecule has 0 saturated carbocycles. The Morgan fingerprint density at radius 2 is 2.06 bits per heavy atom. The standard InChI is InChI=1S/C15H21ClO2/c1-11-8-13(10-16)9-12(2)15(11)18-7-5-14-4-3-6-17-14/h8-9,14H,3-7,10H2,1-2H3. The van der Waals surface area contributed by atoms with Crippen LogP contribution in [0.5, 0.6) is 5.75 Å².